The van der Waals surface area contributed by atoms with Gasteiger partial charge in [-0.3, -0.25) is 0 Å². The van der Waals surface area contributed by atoms with Crippen molar-refractivity contribution in [3.05, 3.63) is 0 Å². The Labute approximate surface area is 85.6 Å². The third-order valence-electron chi connectivity index (χ3n) is 2.41. The summed E-state index contributed by atoms with van der Waals surface area (Å²) in [5, 5.41) is 0. The summed E-state index contributed by atoms with van der Waals surface area (Å²) in [7, 11) is 0. The number of hydrogen-bond donors (Lipinski definition) is 1. The van der Waals surface area contributed by atoms with Crippen LogP contribution in [0.3, 0.4) is 0 Å². The first-order valence-electron chi connectivity index (χ1n) is 6.31. The standard InChI is InChI=1S/C12H27N/c1-4-5-6-7-8-9-10-11-12(2,3)13/h4-11,13H2,1-3H3/i/hD. The maximum atomic E-state index is 7.13. The van der Waals surface area contributed by atoms with E-state index in [9.17, 15) is 0 Å². The molecule has 0 spiro atoms. The normalized spacial score (nSPS) is 13.0. The minimum Gasteiger partial charge on any atom is -0.326 e. The van der Waals surface area contributed by atoms with E-state index in [1.165, 1.54) is 44.9 Å². The zero-order chi connectivity index (χ0) is 10.9. The minimum absolute atomic E-state index is 0.00339. The summed E-state index contributed by atoms with van der Waals surface area (Å²) < 4.78 is 7.13. The van der Waals surface area contributed by atoms with Crippen LogP contribution in [0.4, 0.5) is 0 Å². The van der Waals surface area contributed by atoms with E-state index in [4.69, 9.17) is 1.41 Å². The van der Waals surface area contributed by atoms with Crippen molar-refractivity contribution in [2.24, 2.45) is 5.73 Å². The quantitative estimate of drug-likeness (QED) is 0.544. The minimum atomic E-state index is 0.00339. The lowest BCUT2D eigenvalue weighted by Crippen LogP contribution is -2.31. The first-order chi connectivity index (χ1) is 6.62. The Hall–Kier alpha value is -0.0400. The molecule has 80 valence electrons. The van der Waals surface area contributed by atoms with Gasteiger partial charge in [-0.2, -0.15) is 0 Å². The van der Waals surface area contributed by atoms with Crippen LogP contribution in [0.15, 0.2) is 0 Å². The molecule has 0 atom stereocenters. The average molecular weight is 186 g/mol. The van der Waals surface area contributed by atoms with Gasteiger partial charge in [0.25, 0.3) is 0 Å². The molecule has 0 heterocycles. The molecular weight excluding hydrogens is 158 g/mol. The molecule has 0 radical (unpaired) electrons. The van der Waals surface area contributed by atoms with Gasteiger partial charge in [-0.25, -0.2) is 0 Å². The van der Waals surface area contributed by atoms with E-state index in [0.29, 0.717) is 0 Å². The second-order valence-electron chi connectivity index (χ2n) is 4.76. The fourth-order valence-electron chi connectivity index (χ4n) is 1.52. The van der Waals surface area contributed by atoms with Gasteiger partial charge in [-0.15, -0.1) is 0 Å². The van der Waals surface area contributed by atoms with Gasteiger partial charge < -0.3 is 5.73 Å². The first-order valence-corrected chi connectivity index (χ1v) is 5.81. The van der Waals surface area contributed by atoms with Gasteiger partial charge in [0.1, 0.15) is 1.41 Å². The molecule has 13 heavy (non-hydrogen) atoms. The molecule has 0 saturated heterocycles. The van der Waals surface area contributed by atoms with Gasteiger partial charge >= 0.3 is 0 Å². The Morgan fingerprint density at radius 3 is 2.08 bits per heavy atom. The highest BCUT2D eigenvalue weighted by Crippen LogP contribution is 2.13. The van der Waals surface area contributed by atoms with E-state index in [-0.39, 0.29) is 5.54 Å². The van der Waals surface area contributed by atoms with Crippen molar-refractivity contribution < 1.29 is 1.41 Å². The van der Waals surface area contributed by atoms with Crippen LogP contribution in [0, 0.1) is 0 Å². The summed E-state index contributed by atoms with van der Waals surface area (Å²) in [5.41, 5.74) is 2.61. The predicted octanol–water partition coefficient (Wildman–Crippen LogP) is 3.86. The van der Waals surface area contributed by atoms with Crippen molar-refractivity contribution >= 4 is 0 Å². The van der Waals surface area contributed by atoms with Crippen LogP contribution in [-0.2, 0) is 0 Å². The van der Waals surface area contributed by atoms with Crippen LogP contribution < -0.4 is 5.73 Å². The Balaban J connectivity index is 3.13. The van der Waals surface area contributed by atoms with E-state index < -0.39 is 0 Å². The van der Waals surface area contributed by atoms with Gasteiger partial charge in [-0.05, 0) is 20.3 Å². The molecule has 0 aliphatic rings. The summed E-state index contributed by atoms with van der Waals surface area (Å²) in [6, 6.07) is 0. The van der Waals surface area contributed by atoms with Crippen LogP contribution in [-0.4, -0.2) is 5.54 Å². The molecule has 0 fully saturated rings. The van der Waals surface area contributed by atoms with Crippen LogP contribution >= 0.6 is 0 Å². The third kappa shape index (κ3) is 12.0. The molecule has 0 unspecified atom stereocenters. The van der Waals surface area contributed by atoms with Crippen LogP contribution in [0.5, 0.6) is 0 Å². The van der Waals surface area contributed by atoms with Gasteiger partial charge in [0.15, 0.2) is 0 Å². The lowest BCUT2D eigenvalue weighted by atomic mass is 9.97. The molecule has 0 aromatic carbocycles. The Morgan fingerprint density at radius 2 is 1.54 bits per heavy atom. The molecule has 0 aromatic rings. The first kappa shape index (κ1) is 11.0. The summed E-state index contributed by atoms with van der Waals surface area (Å²) in [6.07, 6.45) is 10.6. The van der Waals surface area contributed by atoms with Gasteiger partial charge in [-0.1, -0.05) is 51.9 Å². The van der Waals surface area contributed by atoms with E-state index in [0.717, 1.165) is 6.42 Å². The van der Waals surface area contributed by atoms with Gasteiger partial charge in [0.2, 0.25) is 0 Å². The van der Waals surface area contributed by atoms with Crippen molar-refractivity contribution in [3.63, 3.8) is 0 Å². The smallest absolute Gasteiger partial charge is 0.119 e. The summed E-state index contributed by atoms with van der Waals surface area (Å²) in [5.74, 6) is 0. The SMILES string of the molecule is [2H]NC(C)(C)CCCCCCCCC. The van der Waals surface area contributed by atoms with Crippen molar-refractivity contribution in [2.45, 2.75) is 77.7 Å². The van der Waals surface area contributed by atoms with Crippen molar-refractivity contribution in [1.82, 2.24) is 0 Å². The largest absolute Gasteiger partial charge is 0.326 e. The molecule has 0 aromatic heterocycles. The zero-order valence-corrected chi connectivity index (χ0v) is 9.66. The molecule has 1 nitrogen and oxygen atoms in total. The molecule has 0 aliphatic carbocycles. The molecule has 0 aliphatic heterocycles. The molecule has 0 bridgehead atoms. The van der Waals surface area contributed by atoms with Crippen LogP contribution in [0.1, 0.15) is 72.1 Å². The van der Waals surface area contributed by atoms with Gasteiger partial charge in [0, 0.05) is 5.54 Å². The Kier molecular flexibility index (Phi) is 6.26. The molecule has 1 heteroatoms. The highest BCUT2D eigenvalue weighted by Gasteiger charge is 2.08. The monoisotopic (exact) mass is 186 g/mol. The predicted molar refractivity (Wildman–Crippen MR) is 60.9 cm³/mol. The Morgan fingerprint density at radius 1 is 1.00 bits per heavy atom. The second-order valence-corrected chi connectivity index (χ2v) is 4.76. The van der Waals surface area contributed by atoms with E-state index in [1.807, 2.05) is 0 Å². The van der Waals surface area contributed by atoms with E-state index >= 15 is 0 Å². The molecule has 0 amide bonds. The molecule has 2 N–H and O–H groups in total. The fourth-order valence-corrected chi connectivity index (χ4v) is 1.52. The van der Waals surface area contributed by atoms with Crippen molar-refractivity contribution in [3.8, 4) is 0 Å². The highest BCUT2D eigenvalue weighted by molar-refractivity contribution is 4.70. The number of nitrogens with two attached hydrogens (primary N) is 1. The zero-order valence-electron chi connectivity index (χ0n) is 10.7. The van der Waals surface area contributed by atoms with Crippen LogP contribution in [0.25, 0.3) is 0 Å². The molecule has 0 saturated carbocycles. The maximum Gasteiger partial charge on any atom is 0.119 e. The second kappa shape index (κ2) is 7.37. The van der Waals surface area contributed by atoms with Crippen LogP contribution in [0.2, 0.25) is 1.41 Å². The maximum absolute atomic E-state index is 7.13. The molecular formula is C12H27N. The number of rotatable bonds is 9. The number of unbranched alkanes of at least 4 members (excludes halogenated alkanes) is 6. The summed E-state index contributed by atoms with van der Waals surface area (Å²) in [4.78, 5) is 0. The average Bonchev–Trinajstić information content (AvgIpc) is 2.16. The van der Waals surface area contributed by atoms with Crippen molar-refractivity contribution in [2.75, 3.05) is 0 Å². The lowest BCUT2D eigenvalue weighted by molar-refractivity contribution is 0.441. The molecule has 0 rings (SSSR count). The number of hydrogen-bond acceptors (Lipinski definition) is 1. The Bertz CT molecular complexity index is 123. The summed E-state index contributed by atoms with van der Waals surface area (Å²) >= 11 is 0. The highest BCUT2D eigenvalue weighted by atomic mass is 14.7. The third-order valence-corrected chi connectivity index (χ3v) is 2.41. The fraction of sp³-hybridized carbons (Fsp3) is 1.00. The topological polar surface area (TPSA) is 26.0 Å². The van der Waals surface area contributed by atoms with E-state index in [1.54, 1.807) is 0 Å². The van der Waals surface area contributed by atoms with Crippen molar-refractivity contribution in [1.29, 1.82) is 0 Å². The summed E-state index contributed by atoms with van der Waals surface area (Å²) in [6.45, 7) is 6.44. The van der Waals surface area contributed by atoms with Gasteiger partial charge in [0.05, 0.1) is 0 Å². The lowest BCUT2D eigenvalue weighted by Gasteiger charge is -2.17. The van der Waals surface area contributed by atoms with E-state index in [2.05, 4.69) is 26.5 Å².